The molecule has 0 atom stereocenters. The lowest BCUT2D eigenvalue weighted by Crippen LogP contribution is -2.28. The Kier molecular flexibility index (Phi) is 12.7. The molecule has 6 nitrogen and oxygen atoms in total. The van der Waals surface area contributed by atoms with E-state index in [9.17, 15) is 9.59 Å². The molecule has 0 aromatic rings. The van der Waals surface area contributed by atoms with Crippen LogP contribution in [0.5, 0.6) is 0 Å². The maximum Gasteiger partial charge on any atom is 0.278 e. The molecule has 0 aliphatic heterocycles. The van der Waals surface area contributed by atoms with Crippen LogP contribution < -0.4 is 10.6 Å². The summed E-state index contributed by atoms with van der Waals surface area (Å²) >= 11 is 1.14. The minimum absolute atomic E-state index is 0.0537. The molecular formula is C13H26N2O4S. The van der Waals surface area contributed by atoms with E-state index in [0.717, 1.165) is 11.8 Å². The van der Waals surface area contributed by atoms with Crippen molar-refractivity contribution in [1.82, 2.24) is 10.6 Å². The fourth-order valence-corrected chi connectivity index (χ4v) is 1.57. The van der Waals surface area contributed by atoms with Gasteiger partial charge in [0.05, 0.1) is 26.4 Å². The number of rotatable bonds is 11. The summed E-state index contributed by atoms with van der Waals surface area (Å²) in [4.78, 5) is 22.2. The van der Waals surface area contributed by atoms with Crippen molar-refractivity contribution in [3.8, 4) is 0 Å². The molecule has 118 valence electrons. The summed E-state index contributed by atoms with van der Waals surface area (Å²) in [6, 6.07) is 0. The second kappa shape index (κ2) is 13.2. The Balaban J connectivity index is 3.17. The molecule has 0 aliphatic carbocycles. The van der Waals surface area contributed by atoms with Crippen LogP contribution in [0.2, 0.25) is 0 Å². The van der Waals surface area contributed by atoms with Gasteiger partial charge >= 0.3 is 0 Å². The second-order valence-electron chi connectivity index (χ2n) is 4.59. The van der Waals surface area contributed by atoms with Gasteiger partial charge in [0.15, 0.2) is 0 Å². The van der Waals surface area contributed by atoms with Gasteiger partial charge in [-0.1, -0.05) is 25.6 Å². The van der Waals surface area contributed by atoms with Crippen molar-refractivity contribution in [2.45, 2.75) is 20.3 Å². The van der Waals surface area contributed by atoms with Crippen LogP contribution in [0.4, 0.5) is 4.79 Å². The van der Waals surface area contributed by atoms with Crippen LogP contribution in [0.25, 0.3) is 0 Å². The van der Waals surface area contributed by atoms with E-state index < -0.39 is 0 Å². The molecular weight excluding hydrogens is 280 g/mol. The Bertz CT molecular complexity index is 275. The lowest BCUT2D eigenvalue weighted by molar-refractivity contribution is -0.122. The SMILES string of the molecule is CSC(=O)NCCOCCOCCNC(=O)CC(C)C. The van der Waals surface area contributed by atoms with Crippen molar-refractivity contribution in [3.63, 3.8) is 0 Å². The molecule has 0 aliphatic rings. The number of ether oxygens (including phenoxy) is 2. The van der Waals surface area contributed by atoms with Crippen LogP contribution in [0.1, 0.15) is 20.3 Å². The summed E-state index contributed by atoms with van der Waals surface area (Å²) in [5.74, 6) is 0.431. The van der Waals surface area contributed by atoms with E-state index in [0.29, 0.717) is 51.9 Å². The van der Waals surface area contributed by atoms with Gasteiger partial charge in [-0.25, -0.2) is 0 Å². The number of amides is 2. The molecule has 0 bridgehead atoms. The van der Waals surface area contributed by atoms with Crippen molar-refractivity contribution in [3.05, 3.63) is 0 Å². The minimum atomic E-state index is -0.0537. The molecule has 0 fully saturated rings. The van der Waals surface area contributed by atoms with Gasteiger partial charge in [-0.2, -0.15) is 0 Å². The van der Waals surface area contributed by atoms with E-state index in [4.69, 9.17) is 9.47 Å². The predicted octanol–water partition coefficient (Wildman–Crippen LogP) is 1.25. The number of thioether (sulfide) groups is 1. The molecule has 0 saturated heterocycles. The second-order valence-corrected chi connectivity index (χ2v) is 5.37. The number of hydrogen-bond acceptors (Lipinski definition) is 5. The molecule has 7 heteroatoms. The highest BCUT2D eigenvalue weighted by Gasteiger charge is 2.03. The van der Waals surface area contributed by atoms with E-state index in [-0.39, 0.29) is 11.1 Å². The first-order valence-electron chi connectivity index (χ1n) is 6.80. The summed E-state index contributed by atoms with van der Waals surface area (Å²) in [5, 5.41) is 5.42. The Hall–Kier alpha value is -0.790. The first-order valence-corrected chi connectivity index (χ1v) is 8.02. The van der Waals surface area contributed by atoms with Crippen LogP contribution in [0, 0.1) is 5.92 Å². The summed E-state index contributed by atoms with van der Waals surface area (Å²) < 4.78 is 10.6. The Morgan fingerprint density at radius 3 is 2.05 bits per heavy atom. The third-order valence-electron chi connectivity index (χ3n) is 2.24. The molecule has 2 amide bonds. The average molecular weight is 306 g/mol. The van der Waals surface area contributed by atoms with E-state index in [1.165, 1.54) is 0 Å². The molecule has 0 aromatic carbocycles. The topological polar surface area (TPSA) is 76.7 Å². The fraction of sp³-hybridized carbons (Fsp3) is 0.846. The van der Waals surface area contributed by atoms with Crippen molar-refractivity contribution in [2.75, 3.05) is 45.8 Å². The highest BCUT2D eigenvalue weighted by atomic mass is 32.2. The predicted molar refractivity (Wildman–Crippen MR) is 81.0 cm³/mol. The molecule has 0 radical (unpaired) electrons. The molecule has 0 saturated carbocycles. The van der Waals surface area contributed by atoms with Crippen molar-refractivity contribution in [1.29, 1.82) is 0 Å². The van der Waals surface area contributed by atoms with Gasteiger partial charge in [-0.05, 0) is 12.2 Å². The monoisotopic (exact) mass is 306 g/mol. The zero-order chi connectivity index (χ0) is 15.2. The van der Waals surface area contributed by atoms with E-state index in [1.807, 2.05) is 13.8 Å². The number of carbonyl (C=O) groups is 2. The van der Waals surface area contributed by atoms with Crippen LogP contribution in [-0.4, -0.2) is 56.9 Å². The summed E-state index contributed by atoms with van der Waals surface area (Å²) in [7, 11) is 0. The first-order chi connectivity index (χ1) is 9.56. The third kappa shape index (κ3) is 13.6. The number of carbonyl (C=O) groups excluding carboxylic acids is 2. The highest BCUT2D eigenvalue weighted by Crippen LogP contribution is 1.97. The van der Waals surface area contributed by atoms with E-state index >= 15 is 0 Å². The number of nitrogens with one attached hydrogen (secondary N) is 2. The average Bonchev–Trinajstić information content (AvgIpc) is 2.39. The van der Waals surface area contributed by atoms with E-state index in [2.05, 4.69) is 10.6 Å². The minimum Gasteiger partial charge on any atom is -0.377 e. The maximum atomic E-state index is 11.3. The van der Waals surface area contributed by atoms with Crippen LogP contribution >= 0.6 is 11.8 Å². The zero-order valence-electron chi connectivity index (χ0n) is 12.6. The molecule has 0 aromatic heterocycles. The summed E-state index contributed by atoms with van der Waals surface area (Å²) in [5.41, 5.74) is 0. The Morgan fingerprint density at radius 2 is 1.55 bits per heavy atom. The highest BCUT2D eigenvalue weighted by molar-refractivity contribution is 8.12. The Morgan fingerprint density at radius 1 is 1.00 bits per heavy atom. The smallest absolute Gasteiger partial charge is 0.278 e. The molecule has 0 heterocycles. The van der Waals surface area contributed by atoms with Gasteiger partial charge in [0.25, 0.3) is 5.24 Å². The van der Waals surface area contributed by atoms with Gasteiger partial charge in [-0.3, -0.25) is 9.59 Å². The molecule has 0 rings (SSSR count). The van der Waals surface area contributed by atoms with Crippen molar-refractivity contribution in [2.24, 2.45) is 5.92 Å². The van der Waals surface area contributed by atoms with Crippen LogP contribution in [-0.2, 0) is 14.3 Å². The molecule has 0 unspecified atom stereocenters. The lowest BCUT2D eigenvalue weighted by atomic mass is 10.1. The maximum absolute atomic E-state index is 11.3. The van der Waals surface area contributed by atoms with Gasteiger partial charge in [0, 0.05) is 19.5 Å². The van der Waals surface area contributed by atoms with Crippen molar-refractivity contribution >= 4 is 22.9 Å². The van der Waals surface area contributed by atoms with Crippen LogP contribution in [0.3, 0.4) is 0 Å². The summed E-state index contributed by atoms with van der Waals surface area (Å²) in [6.45, 7) is 6.97. The summed E-state index contributed by atoms with van der Waals surface area (Å²) in [6.07, 6.45) is 2.27. The third-order valence-corrected chi connectivity index (χ3v) is 2.75. The lowest BCUT2D eigenvalue weighted by Gasteiger charge is -2.08. The van der Waals surface area contributed by atoms with Crippen molar-refractivity contribution < 1.29 is 19.1 Å². The standard InChI is InChI=1S/C13H26N2O4S/c1-11(2)10-12(16)14-4-6-18-8-9-19-7-5-15-13(17)20-3/h11H,4-10H2,1-3H3,(H,14,16)(H,15,17). The normalized spacial score (nSPS) is 10.6. The largest absolute Gasteiger partial charge is 0.377 e. The van der Waals surface area contributed by atoms with E-state index in [1.54, 1.807) is 6.26 Å². The molecule has 20 heavy (non-hydrogen) atoms. The fourth-order valence-electron chi connectivity index (χ4n) is 1.32. The van der Waals surface area contributed by atoms with Gasteiger partial charge in [0.1, 0.15) is 0 Å². The van der Waals surface area contributed by atoms with Gasteiger partial charge < -0.3 is 20.1 Å². The first kappa shape index (κ1) is 19.2. The van der Waals surface area contributed by atoms with Crippen LogP contribution in [0.15, 0.2) is 0 Å². The van der Waals surface area contributed by atoms with Gasteiger partial charge in [0.2, 0.25) is 5.91 Å². The zero-order valence-corrected chi connectivity index (χ0v) is 13.4. The molecule has 2 N–H and O–H groups in total. The quantitative estimate of drug-likeness (QED) is 0.562. The number of hydrogen-bond donors (Lipinski definition) is 2. The molecule has 0 spiro atoms. The Labute approximate surface area is 125 Å². The van der Waals surface area contributed by atoms with Gasteiger partial charge in [-0.15, -0.1) is 0 Å².